The van der Waals surface area contributed by atoms with Crippen molar-refractivity contribution in [2.75, 3.05) is 18.9 Å². The molecule has 5 heteroatoms. The molecule has 1 atom stereocenters. The third kappa shape index (κ3) is 3.91. The van der Waals surface area contributed by atoms with Gasteiger partial charge in [0.05, 0.1) is 18.7 Å². The second kappa shape index (κ2) is 5.80. The Bertz CT molecular complexity index is 532. The topological polar surface area (TPSA) is 64.8 Å². The first kappa shape index (κ1) is 16.6. The van der Waals surface area contributed by atoms with Crippen LogP contribution in [0.2, 0.25) is 0 Å². The quantitative estimate of drug-likeness (QED) is 0.808. The van der Waals surface area contributed by atoms with Gasteiger partial charge >= 0.3 is 6.09 Å². The lowest BCUT2D eigenvalue weighted by atomic mass is 9.98. The van der Waals surface area contributed by atoms with Crippen molar-refractivity contribution in [3.05, 3.63) is 29.8 Å². The Morgan fingerprint density at radius 1 is 1.32 bits per heavy atom. The molecule has 0 radical (unpaired) electrons. The first-order chi connectivity index (χ1) is 10.1. The predicted molar refractivity (Wildman–Crippen MR) is 86.6 cm³/mol. The standard InChI is InChI=1S/C17H26N2O3/c1-16(2,3)22-15(20)19-10-14(21-11-17(19,4)5)12-6-8-13(18)9-7-12/h6-9,14H,10-11,18H2,1-5H3. The number of hydrogen-bond acceptors (Lipinski definition) is 4. The Morgan fingerprint density at radius 3 is 2.45 bits per heavy atom. The van der Waals surface area contributed by atoms with Crippen molar-refractivity contribution < 1.29 is 14.3 Å². The molecule has 1 unspecified atom stereocenters. The smallest absolute Gasteiger partial charge is 0.410 e. The minimum atomic E-state index is -0.512. The van der Waals surface area contributed by atoms with Crippen molar-refractivity contribution in [3.8, 4) is 0 Å². The van der Waals surface area contributed by atoms with E-state index >= 15 is 0 Å². The minimum absolute atomic E-state index is 0.166. The maximum atomic E-state index is 12.5. The number of nitrogen functional groups attached to an aromatic ring is 1. The second-order valence-electron chi connectivity index (χ2n) is 7.37. The molecule has 0 aromatic heterocycles. The number of amides is 1. The number of anilines is 1. The highest BCUT2D eigenvalue weighted by atomic mass is 16.6. The van der Waals surface area contributed by atoms with Gasteiger partial charge in [-0.15, -0.1) is 0 Å². The Labute approximate surface area is 132 Å². The van der Waals surface area contributed by atoms with Crippen LogP contribution in [0.25, 0.3) is 0 Å². The van der Waals surface area contributed by atoms with Crippen LogP contribution in [0.15, 0.2) is 24.3 Å². The van der Waals surface area contributed by atoms with Crippen LogP contribution in [-0.4, -0.2) is 35.3 Å². The van der Waals surface area contributed by atoms with E-state index in [2.05, 4.69) is 0 Å². The summed E-state index contributed by atoms with van der Waals surface area (Å²) < 4.78 is 11.5. The largest absolute Gasteiger partial charge is 0.444 e. The maximum absolute atomic E-state index is 12.5. The number of ether oxygens (including phenoxy) is 2. The zero-order valence-corrected chi connectivity index (χ0v) is 14.1. The van der Waals surface area contributed by atoms with Gasteiger partial charge in [-0.1, -0.05) is 12.1 Å². The fourth-order valence-electron chi connectivity index (χ4n) is 2.40. The van der Waals surface area contributed by atoms with E-state index in [1.54, 1.807) is 4.90 Å². The number of nitrogens with two attached hydrogens (primary N) is 1. The molecule has 1 aliphatic rings. The van der Waals surface area contributed by atoms with Crippen LogP contribution < -0.4 is 5.73 Å². The highest BCUT2D eigenvalue weighted by Gasteiger charge is 2.40. The summed E-state index contributed by atoms with van der Waals surface area (Å²) in [7, 11) is 0. The van der Waals surface area contributed by atoms with Gasteiger partial charge in [-0.05, 0) is 52.3 Å². The number of hydrogen-bond donors (Lipinski definition) is 1. The van der Waals surface area contributed by atoms with Gasteiger partial charge in [0.15, 0.2) is 0 Å². The lowest BCUT2D eigenvalue weighted by Crippen LogP contribution is -2.57. The molecule has 1 aliphatic heterocycles. The number of benzene rings is 1. The minimum Gasteiger partial charge on any atom is -0.444 e. The van der Waals surface area contributed by atoms with Gasteiger partial charge in [-0.3, -0.25) is 4.90 Å². The van der Waals surface area contributed by atoms with E-state index in [4.69, 9.17) is 15.2 Å². The van der Waals surface area contributed by atoms with E-state index in [0.717, 1.165) is 5.56 Å². The fraction of sp³-hybridized carbons (Fsp3) is 0.588. The third-order valence-electron chi connectivity index (χ3n) is 3.64. The van der Waals surface area contributed by atoms with E-state index in [1.807, 2.05) is 58.9 Å². The number of morpholine rings is 1. The Hall–Kier alpha value is -1.75. The summed E-state index contributed by atoms with van der Waals surface area (Å²) in [6.07, 6.45) is -0.470. The average Bonchev–Trinajstić information content (AvgIpc) is 2.37. The maximum Gasteiger partial charge on any atom is 0.410 e. The Morgan fingerprint density at radius 2 is 1.91 bits per heavy atom. The van der Waals surface area contributed by atoms with Gasteiger partial charge in [0, 0.05) is 5.69 Å². The van der Waals surface area contributed by atoms with Gasteiger partial charge in [0.25, 0.3) is 0 Å². The summed E-state index contributed by atoms with van der Waals surface area (Å²) in [5, 5.41) is 0. The summed E-state index contributed by atoms with van der Waals surface area (Å²) in [6.45, 7) is 10.5. The molecule has 1 aromatic rings. The molecule has 0 aliphatic carbocycles. The van der Waals surface area contributed by atoms with Crippen LogP contribution in [0.4, 0.5) is 10.5 Å². The van der Waals surface area contributed by atoms with Gasteiger partial charge in [0.1, 0.15) is 11.7 Å². The molecule has 122 valence electrons. The Kier molecular flexibility index (Phi) is 4.38. The molecule has 1 fully saturated rings. The molecular formula is C17H26N2O3. The van der Waals surface area contributed by atoms with Crippen LogP contribution in [0.3, 0.4) is 0 Å². The molecule has 5 nitrogen and oxygen atoms in total. The lowest BCUT2D eigenvalue weighted by Gasteiger charge is -2.45. The van der Waals surface area contributed by atoms with Crippen LogP contribution in [0, 0.1) is 0 Å². The third-order valence-corrected chi connectivity index (χ3v) is 3.64. The van der Waals surface area contributed by atoms with E-state index in [9.17, 15) is 4.79 Å². The predicted octanol–water partition coefficient (Wildman–Crippen LogP) is 3.36. The van der Waals surface area contributed by atoms with Crippen LogP contribution in [-0.2, 0) is 9.47 Å². The van der Waals surface area contributed by atoms with E-state index in [0.29, 0.717) is 18.8 Å². The molecule has 1 amide bonds. The SMILES string of the molecule is CC(C)(C)OC(=O)N1CC(c2ccc(N)cc2)OCC1(C)C. The van der Waals surface area contributed by atoms with Gasteiger partial charge in [-0.25, -0.2) is 4.79 Å². The molecule has 2 rings (SSSR count). The van der Waals surface area contributed by atoms with Crippen molar-refractivity contribution in [2.45, 2.75) is 51.9 Å². The van der Waals surface area contributed by atoms with Crippen molar-refractivity contribution in [2.24, 2.45) is 0 Å². The monoisotopic (exact) mass is 306 g/mol. The first-order valence-electron chi connectivity index (χ1n) is 7.56. The highest BCUT2D eigenvalue weighted by Crippen LogP contribution is 2.31. The number of carbonyl (C=O) groups excluding carboxylic acids is 1. The molecule has 1 aromatic carbocycles. The highest BCUT2D eigenvalue weighted by molar-refractivity contribution is 5.69. The lowest BCUT2D eigenvalue weighted by molar-refractivity contribution is -0.100. The number of carbonyl (C=O) groups is 1. The summed E-state index contributed by atoms with van der Waals surface area (Å²) >= 11 is 0. The summed E-state index contributed by atoms with van der Waals surface area (Å²) in [5.41, 5.74) is 6.54. The van der Waals surface area contributed by atoms with Crippen molar-refractivity contribution in [3.63, 3.8) is 0 Å². The van der Waals surface area contributed by atoms with Gasteiger partial charge in [0.2, 0.25) is 0 Å². The van der Waals surface area contributed by atoms with E-state index in [-0.39, 0.29) is 12.2 Å². The van der Waals surface area contributed by atoms with Gasteiger partial charge < -0.3 is 15.2 Å². The van der Waals surface area contributed by atoms with Crippen LogP contribution in [0.5, 0.6) is 0 Å². The van der Waals surface area contributed by atoms with Crippen LogP contribution in [0.1, 0.15) is 46.3 Å². The fourth-order valence-corrected chi connectivity index (χ4v) is 2.40. The van der Waals surface area contributed by atoms with Crippen LogP contribution >= 0.6 is 0 Å². The second-order valence-corrected chi connectivity index (χ2v) is 7.37. The van der Waals surface area contributed by atoms with Crippen molar-refractivity contribution in [1.82, 2.24) is 4.90 Å². The van der Waals surface area contributed by atoms with Crippen molar-refractivity contribution >= 4 is 11.8 Å². The molecule has 0 bridgehead atoms. The van der Waals surface area contributed by atoms with E-state index < -0.39 is 11.1 Å². The van der Waals surface area contributed by atoms with Gasteiger partial charge in [-0.2, -0.15) is 0 Å². The molecule has 0 spiro atoms. The van der Waals surface area contributed by atoms with E-state index in [1.165, 1.54) is 0 Å². The summed E-state index contributed by atoms with van der Waals surface area (Å²) in [5.74, 6) is 0. The molecule has 2 N–H and O–H groups in total. The number of nitrogens with zero attached hydrogens (tertiary/aromatic N) is 1. The average molecular weight is 306 g/mol. The molecular weight excluding hydrogens is 280 g/mol. The zero-order chi connectivity index (χ0) is 16.5. The summed E-state index contributed by atoms with van der Waals surface area (Å²) in [6, 6.07) is 7.56. The Balaban J connectivity index is 2.16. The molecule has 22 heavy (non-hydrogen) atoms. The number of rotatable bonds is 1. The molecule has 0 saturated carbocycles. The normalized spacial score (nSPS) is 21.5. The molecule has 1 saturated heterocycles. The summed E-state index contributed by atoms with van der Waals surface area (Å²) in [4.78, 5) is 14.2. The zero-order valence-electron chi connectivity index (χ0n) is 14.1. The molecule has 1 heterocycles. The first-order valence-corrected chi connectivity index (χ1v) is 7.56. The van der Waals surface area contributed by atoms with Crippen molar-refractivity contribution in [1.29, 1.82) is 0 Å².